The molecule has 1 amide bonds. The third-order valence-corrected chi connectivity index (χ3v) is 4.30. The predicted octanol–water partition coefficient (Wildman–Crippen LogP) is 0.705. The molecule has 19 heavy (non-hydrogen) atoms. The first-order valence-electron chi connectivity index (χ1n) is 6.63. The van der Waals surface area contributed by atoms with Crippen LogP contribution in [0.25, 0.3) is 0 Å². The van der Waals surface area contributed by atoms with Crippen molar-refractivity contribution in [2.45, 2.75) is 32.4 Å². The summed E-state index contributed by atoms with van der Waals surface area (Å²) in [6, 6.07) is 3.92. The molecule has 5 nitrogen and oxygen atoms in total. The summed E-state index contributed by atoms with van der Waals surface area (Å²) in [4.78, 5) is 11.5. The summed E-state index contributed by atoms with van der Waals surface area (Å²) in [5.41, 5.74) is 15.2. The number of nitrogens with one attached hydrogen (secondary N) is 2. The van der Waals surface area contributed by atoms with Gasteiger partial charge in [0.2, 0.25) is 5.91 Å². The SMILES string of the molecule is Cc1ccc2c(c1C)OCCC1C(C(N)=O)NNC21. The number of hydrogen-bond donors (Lipinski definition) is 3. The second-order valence-corrected chi connectivity index (χ2v) is 5.37. The topological polar surface area (TPSA) is 76.4 Å². The number of rotatable bonds is 1. The number of primary amides is 1. The van der Waals surface area contributed by atoms with Gasteiger partial charge in [-0.1, -0.05) is 12.1 Å². The number of benzene rings is 1. The van der Waals surface area contributed by atoms with E-state index in [1.807, 2.05) is 0 Å². The van der Waals surface area contributed by atoms with Crippen molar-refractivity contribution in [1.82, 2.24) is 10.9 Å². The van der Waals surface area contributed by atoms with Crippen LogP contribution in [-0.2, 0) is 4.79 Å². The van der Waals surface area contributed by atoms with Gasteiger partial charge in [-0.3, -0.25) is 4.79 Å². The van der Waals surface area contributed by atoms with E-state index in [0.717, 1.165) is 17.7 Å². The van der Waals surface area contributed by atoms with Crippen molar-refractivity contribution in [2.24, 2.45) is 11.7 Å². The molecule has 0 spiro atoms. The molecule has 0 saturated carbocycles. The van der Waals surface area contributed by atoms with Gasteiger partial charge < -0.3 is 10.5 Å². The van der Waals surface area contributed by atoms with E-state index in [1.54, 1.807) is 0 Å². The highest BCUT2D eigenvalue weighted by Gasteiger charge is 2.42. The Kier molecular flexibility index (Phi) is 2.95. The number of fused-ring (bicyclic) bond motifs is 3. The van der Waals surface area contributed by atoms with Gasteiger partial charge in [0.1, 0.15) is 11.8 Å². The number of hydrogen-bond acceptors (Lipinski definition) is 4. The summed E-state index contributed by atoms with van der Waals surface area (Å²) in [5.74, 6) is 0.778. The zero-order valence-corrected chi connectivity index (χ0v) is 11.2. The van der Waals surface area contributed by atoms with Crippen molar-refractivity contribution in [3.8, 4) is 5.75 Å². The molecular weight excluding hydrogens is 242 g/mol. The fraction of sp³-hybridized carbons (Fsp3) is 0.500. The van der Waals surface area contributed by atoms with Crippen molar-refractivity contribution >= 4 is 5.91 Å². The quantitative estimate of drug-likeness (QED) is 0.695. The smallest absolute Gasteiger partial charge is 0.236 e. The summed E-state index contributed by atoms with van der Waals surface area (Å²) in [6.45, 7) is 4.77. The third-order valence-electron chi connectivity index (χ3n) is 4.30. The molecule has 2 heterocycles. The number of nitrogens with two attached hydrogens (primary N) is 1. The summed E-state index contributed by atoms with van der Waals surface area (Å²) in [5, 5.41) is 0. The van der Waals surface area contributed by atoms with E-state index in [-0.39, 0.29) is 23.9 Å². The highest BCUT2D eigenvalue weighted by molar-refractivity contribution is 5.80. The van der Waals surface area contributed by atoms with Gasteiger partial charge >= 0.3 is 0 Å². The molecular formula is C14H19N3O2. The van der Waals surface area contributed by atoms with Crippen LogP contribution in [0.4, 0.5) is 0 Å². The monoisotopic (exact) mass is 261 g/mol. The Morgan fingerprint density at radius 1 is 1.37 bits per heavy atom. The molecule has 2 aliphatic heterocycles. The lowest BCUT2D eigenvalue weighted by Crippen LogP contribution is -2.43. The highest BCUT2D eigenvalue weighted by Crippen LogP contribution is 2.41. The molecule has 3 atom stereocenters. The van der Waals surface area contributed by atoms with Crippen LogP contribution in [0.15, 0.2) is 12.1 Å². The maximum atomic E-state index is 11.5. The molecule has 1 fully saturated rings. The number of aryl methyl sites for hydroxylation is 1. The summed E-state index contributed by atoms with van der Waals surface area (Å²) in [6.07, 6.45) is 0.811. The molecule has 1 saturated heterocycles. The van der Waals surface area contributed by atoms with E-state index in [2.05, 4.69) is 36.8 Å². The van der Waals surface area contributed by atoms with E-state index < -0.39 is 0 Å². The van der Waals surface area contributed by atoms with E-state index in [0.29, 0.717) is 6.61 Å². The average molecular weight is 261 g/mol. The fourth-order valence-electron chi connectivity index (χ4n) is 3.05. The van der Waals surface area contributed by atoms with Crippen LogP contribution in [0, 0.1) is 19.8 Å². The summed E-state index contributed by atoms with van der Waals surface area (Å²) < 4.78 is 5.90. The molecule has 0 aromatic heterocycles. The summed E-state index contributed by atoms with van der Waals surface area (Å²) >= 11 is 0. The number of carbonyl (C=O) groups excluding carboxylic acids is 1. The standard InChI is InChI=1S/C14H19N3O2/c1-7-3-4-10-11-9(12(14(15)18)17-16-11)5-6-19-13(10)8(7)2/h3-4,9,11-12,16-17H,5-6H2,1-2H3,(H2,15,18). The predicted molar refractivity (Wildman–Crippen MR) is 71.5 cm³/mol. The Balaban J connectivity index is 2.04. The van der Waals surface area contributed by atoms with E-state index in [9.17, 15) is 4.79 Å². The van der Waals surface area contributed by atoms with Crippen molar-refractivity contribution in [2.75, 3.05) is 6.61 Å². The Morgan fingerprint density at radius 3 is 2.89 bits per heavy atom. The normalized spacial score (nSPS) is 29.1. The Labute approximate surface area is 112 Å². The van der Waals surface area contributed by atoms with Crippen LogP contribution >= 0.6 is 0 Å². The van der Waals surface area contributed by atoms with Gasteiger partial charge in [-0.15, -0.1) is 0 Å². The number of carbonyl (C=O) groups is 1. The second kappa shape index (κ2) is 4.51. The van der Waals surface area contributed by atoms with Gasteiger partial charge in [0.15, 0.2) is 0 Å². The van der Waals surface area contributed by atoms with E-state index in [1.165, 1.54) is 11.1 Å². The van der Waals surface area contributed by atoms with Crippen molar-refractivity contribution < 1.29 is 9.53 Å². The second-order valence-electron chi connectivity index (χ2n) is 5.37. The molecule has 0 aliphatic carbocycles. The molecule has 1 aromatic carbocycles. The average Bonchev–Trinajstić information content (AvgIpc) is 2.70. The van der Waals surface area contributed by atoms with Gasteiger partial charge in [0, 0.05) is 11.5 Å². The van der Waals surface area contributed by atoms with E-state index in [4.69, 9.17) is 10.5 Å². The van der Waals surface area contributed by atoms with Crippen molar-refractivity contribution in [3.63, 3.8) is 0 Å². The minimum Gasteiger partial charge on any atom is -0.493 e. The van der Waals surface area contributed by atoms with Gasteiger partial charge in [-0.25, -0.2) is 10.9 Å². The Bertz CT molecular complexity index is 530. The van der Waals surface area contributed by atoms with Crippen LogP contribution in [0.2, 0.25) is 0 Å². The van der Waals surface area contributed by atoms with Crippen LogP contribution in [0.3, 0.4) is 0 Å². The van der Waals surface area contributed by atoms with Gasteiger partial charge in [0.05, 0.1) is 12.6 Å². The number of hydrazine groups is 1. The molecule has 1 aromatic rings. The highest BCUT2D eigenvalue weighted by atomic mass is 16.5. The molecule has 5 heteroatoms. The molecule has 3 unspecified atom stereocenters. The zero-order chi connectivity index (χ0) is 13.6. The van der Waals surface area contributed by atoms with Crippen molar-refractivity contribution in [3.05, 3.63) is 28.8 Å². The third kappa shape index (κ3) is 1.89. The Hall–Kier alpha value is -1.59. The molecule has 3 rings (SSSR count). The lowest BCUT2D eigenvalue weighted by molar-refractivity contribution is -0.120. The fourth-order valence-corrected chi connectivity index (χ4v) is 3.05. The van der Waals surface area contributed by atoms with Gasteiger partial charge in [-0.2, -0.15) is 0 Å². The molecule has 2 aliphatic rings. The Morgan fingerprint density at radius 2 is 2.16 bits per heavy atom. The molecule has 0 radical (unpaired) electrons. The maximum Gasteiger partial charge on any atom is 0.236 e. The molecule has 102 valence electrons. The molecule has 4 N–H and O–H groups in total. The lowest BCUT2D eigenvalue weighted by atomic mass is 9.86. The van der Waals surface area contributed by atoms with Crippen molar-refractivity contribution in [1.29, 1.82) is 0 Å². The van der Waals surface area contributed by atoms with Gasteiger partial charge in [-0.05, 0) is 31.4 Å². The van der Waals surface area contributed by atoms with Crippen LogP contribution in [0.1, 0.15) is 29.2 Å². The minimum atomic E-state index is -0.332. The number of ether oxygens (including phenoxy) is 1. The first-order valence-corrected chi connectivity index (χ1v) is 6.63. The minimum absolute atomic E-state index is 0.0781. The zero-order valence-electron chi connectivity index (χ0n) is 11.2. The number of amides is 1. The maximum absolute atomic E-state index is 11.5. The van der Waals surface area contributed by atoms with Crippen LogP contribution in [0.5, 0.6) is 5.75 Å². The first-order chi connectivity index (χ1) is 9.09. The van der Waals surface area contributed by atoms with Crippen LogP contribution in [-0.4, -0.2) is 18.6 Å². The van der Waals surface area contributed by atoms with Gasteiger partial charge in [0.25, 0.3) is 0 Å². The lowest BCUT2D eigenvalue weighted by Gasteiger charge is -2.19. The van der Waals surface area contributed by atoms with Crippen LogP contribution < -0.4 is 21.3 Å². The summed E-state index contributed by atoms with van der Waals surface area (Å²) in [7, 11) is 0. The van der Waals surface area contributed by atoms with E-state index >= 15 is 0 Å². The largest absolute Gasteiger partial charge is 0.493 e. The molecule has 0 bridgehead atoms. The first kappa shape index (κ1) is 12.4.